The first kappa shape index (κ1) is 72.9. The normalized spacial score (nSPS) is 49.4. The van der Waals surface area contributed by atoms with Crippen LogP contribution in [0.3, 0.4) is 0 Å². The third-order valence-electron chi connectivity index (χ3n) is 20.8. The van der Waals surface area contributed by atoms with Crippen LogP contribution in [0.5, 0.6) is 0 Å². The standard InChI is InChI=1S/C59H89FO32/c1-22-12-28-27-7-6-24-13-25(61)10-11-56(24,3)58(27,60)34(62)14-57(28,4)59(22,80)35(63)21-83-37(65)9-8-36(64)82-15-26-39(67)40(68)31(19-86-55-51(79)48(76)44(72)33(92-55)20-87-53-49(77)46(74)41(69)29(90-53)16-81-5)89-52(26)84-18-32-43(71)47(75)50(78)54(91-32)85-17-30-42(70)45(73)38(66)23(2)88-30/h10-11,13,22-23,26-34,38-55,62,66-80H,6-9,12,14-21H2,1-5H3/t22-,23?,26?,27?,28?,29?,30?,31?,32?,33?,34?,38?,39?,40?,41?,42?,43?,44?,45?,46?,47?,48?,49?,50?,51?,52?,53?,54?,55?,56?,57?,58+,59+/m1/s1. The van der Waals surface area contributed by atoms with Gasteiger partial charge in [-0.1, -0.05) is 25.5 Å². The maximum absolute atomic E-state index is 17.7. The van der Waals surface area contributed by atoms with Crippen molar-refractivity contribution in [2.75, 3.05) is 53.4 Å². The molecule has 5 heterocycles. The summed E-state index contributed by atoms with van der Waals surface area (Å²) in [6, 6.07) is 0. The van der Waals surface area contributed by atoms with Crippen LogP contribution in [0.4, 0.5) is 4.39 Å². The van der Waals surface area contributed by atoms with Gasteiger partial charge in [0.25, 0.3) is 0 Å². The Labute approximate surface area is 526 Å². The van der Waals surface area contributed by atoms with Crippen molar-refractivity contribution < 1.29 is 162 Å². The molecule has 0 spiro atoms. The fourth-order valence-corrected chi connectivity index (χ4v) is 15.2. The molecule has 3 saturated carbocycles. The van der Waals surface area contributed by atoms with Crippen molar-refractivity contribution >= 4 is 23.5 Å². The van der Waals surface area contributed by atoms with Crippen LogP contribution in [0.2, 0.25) is 0 Å². The highest BCUT2D eigenvalue weighted by Crippen LogP contribution is 2.70. The molecule has 0 bridgehead atoms. The van der Waals surface area contributed by atoms with Gasteiger partial charge >= 0.3 is 11.9 Å². The molecule has 9 rings (SSSR count). The van der Waals surface area contributed by atoms with Crippen LogP contribution in [0.15, 0.2) is 23.8 Å². The Hall–Kier alpha value is -3.35. The zero-order valence-electron chi connectivity index (χ0n) is 51.2. The second-order valence-corrected chi connectivity index (χ2v) is 26.3. The summed E-state index contributed by atoms with van der Waals surface area (Å²) in [6.45, 7) is 1.28. The second kappa shape index (κ2) is 29.0. The summed E-state index contributed by atoms with van der Waals surface area (Å²) in [5.41, 5.74) is -6.59. The third-order valence-corrected chi connectivity index (χ3v) is 20.8. The Balaban J connectivity index is 0.829. The molecule has 5 aliphatic heterocycles. The molecular formula is C59H89FO32. The number of ether oxygens (including phenoxy) is 12. The van der Waals surface area contributed by atoms with E-state index in [4.69, 9.17) is 56.8 Å². The van der Waals surface area contributed by atoms with Crippen LogP contribution in [0.25, 0.3) is 0 Å². The van der Waals surface area contributed by atoms with E-state index in [1.165, 1.54) is 32.3 Å². The minimum Gasteiger partial charge on any atom is -0.465 e. The van der Waals surface area contributed by atoms with E-state index in [0.717, 1.165) is 0 Å². The largest absolute Gasteiger partial charge is 0.465 e. The highest BCUT2D eigenvalue weighted by Gasteiger charge is 2.76. The summed E-state index contributed by atoms with van der Waals surface area (Å²) in [4.78, 5) is 52.9. The summed E-state index contributed by atoms with van der Waals surface area (Å²) >= 11 is 0. The average molecular weight is 1330 g/mol. The minimum atomic E-state index is -2.24. The molecule has 33 atom stereocenters. The smallest absolute Gasteiger partial charge is 0.306 e. The summed E-state index contributed by atoms with van der Waals surface area (Å²) in [7, 11) is 1.29. The number of ketones is 2. The minimum absolute atomic E-state index is 0.191. The predicted octanol–water partition coefficient (Wildman–Crippen LogP) is -7.16. The van der Waals surface area contributed by atoms with Gasteiger partial charge in [0.2, 0.25) is 5.78 Å². The van der Waals surface area contributed by atoms with Gasteiger partial charge in [-0.15, -0.1) is 0 Å². The lowest BCUT2D eigenvalue weighted by Gasteiger charge is -2.62. The van der Waals surface area contributed by atoms with E-state index in [0.29, 0.717) is 12.0 Å². The van der Waals surface area contributed by atoms with Crippen LogP contribution in [-0.4, -0.2) is 323 Å². The van der Waals surface area contributed by atoms with Crippen LogP contribution in [-0.2, 0) is 76.0 Å². The van der Waals surface area contributed by atoms with Crippen molar-refractivity contribution in [1.82, 2.24) is 0 Å². The quantitative estimate of drug-likeness (QED) is 0.0448. The molecule has 30 unspecified atom stereocenters. The van der Waals surface area contributed by atoms with Gasteiger partial charge in [0.05, 0.1) is 70.1 Å². The number of halogens is 1. The molecule has 0 aromatic heterocycles. The molecule has 0 amide bonds. The summed E-state index contributed by atoms with van der Waals surface area (Å²) < 4.78 is 84.7. The van der Waals surface area contributed by atoms with Gasteiger partial charge in [-0.2, -0.15) is 0 Å². The fraction of sp³-hybridized carbons (Fsp3) is 0.864. The Morgan fingerprint density at radius 3 is 1.49 bits per heavy atom. The lowest BCUT2D eigenvalue weighted by atomic mass is 9.44. The van der Waals surface area contributed by atoms with Crippen LogP contribution < -0.4 is 0 Å². The Kier molecular flexibility index (Phi) is 23.0. The number of esters is 2. The van der Waals surface area contributed by atoms with Crippen molar-refractivity contribution in [1.29, 1.82) is 0 Å². The van der Waals surface area contributed by atoms with Crippen molar-refractivity contribution in [2.24, 2.45) is 34.5 Å². The fourth-order valence-electron chi connectivity index (χ4n) is 15.2. The molecule has 9 aliphatic rings. The van der Waals surface area contributed by atoms with E-state index in [9.17, 15) is 101 Å². The topological polar surface area (TPSA) is 503 Å². The van der Waals surface area contributed by atoms with E-state index in [-0.39, 0.29) is 31.7 Å². The second-order valence-electron chi connectivity index (χ2n) is 26.3. The average Bonchev–Trinajstić information content (AvgIpc) is 1.38. The van der Waals surface area contributed by atoms with Crippen LogP contribution in [0, 0.1) is 34.5 Å². The van der Waals surface area contributed by atoms with Crippen LogP contribution in [0.1, 0.15) is 66.2 Å². The summed E-state index contributed by atoms with van der Waals surface area (Å²) in [5, 5.41) is 175. The number of hydrogen-bond donors (Lipinski definition) is 16. The molecule has 16 N–H and O–H groups in total. The number of hydrogen-bond acceptors (Lipinski definition) is 32. The maximum atomic E-state index is 17.7. The molecule has 92 heavy (non-hydrogen) atoms. The van der Waals surface area contributed by atoms with Crippen molar-refractivity contribution in [3.05, 3.63) is 23.8 Å². The Morgan fingerprint density at radius 2 is 0.989 bits per heavy atom. The molecule has 4 aliphatic carbocycles. The van der Waals surface area contributed by atoms with E-state index >= 15 is 4.39 Å². The predicted molar refractivity (Wildman–Crippen MR) is 296 cm³/mol. The van der Waals surface area contributed by atoms with Gasteiger partial charge in [-0.05, 0) is 63.5 Å². The zero-order chi connectivity index (χ0) is 67.4. The molecule has 8 fully saturated rings. The number of Topliss-reactive ketones (excluding diaryl/α,β-unsaturated/α-hetero) is 1. The number of rotatable bonds is 22. The SMILES string of the molecule is COCC1OC(OCC2OC(OCC3OC(OCC4OC(OCC5OC(C)C(O)C(O)C5O)C(O)C(O)C4O)C(COC(=O)CCC(=O)OCC(=O)[C@@]4(O)[C@H](C)CC5C6CCC7=CC(=O)C=CC7(C)[C@@]6(F)C(O)CC54C)C(O)C3O)C(O)C(O)C2O)C(O)C(O)C1O. The molecule has 32 nitrogen and oxygen atoms in total. The lowest BCUT2D eigenvalue weighted by molar-refractivity contribution is -0.346. The van der Waals surface area contributed by atoms with Gasteiger partial charge in [-0.3, -0.25) is 19.2 Å². The number of aliphatic hydroxyl groups is 16. The highest BCUT2D eigenvalue weighted by molar-refractivity contribution is 6.01. The highest BCUT2D eigenvalue weighted by atomic mass is 19.1. The molecule has 0 aromatic rings. The summed E-state index contributed by atoms with van der Waals surface area (Å²) in [6.07, 6.45) is -39.7. The van der Waals surface area contributed by atoms with Gasteiger partial charge in [0.1, 0.15) is 122 Å². The summed E-state index contributed by atoms with van der Waals surface area (Å²) in [5.74, 6) is -7.21. The number of aliphatic hydroxyl groups excluding tert-OH is 15. The molecule has 5 saturated heterocycles. The van der Waals surface area contributed by atoms with E-state index in [1.807, 2.05) is 0 Å². The van der Waals surface area contributed by atoms with Crippen molar-refractivity contribution in [3.63, 3.8) is 0 Å². The van der Waals surface area contributed by atoms with Gasteiger partial charge in [0, 0.05) is 23.9 Å². The number of methoxy groups -OCH3 is 1. The Bertz CT molecular complexity index is 2640. The van der Waals surface area contributed by atoms with Crippen molar-refractivity contribution in [2.45, 2.75) is 231 Å². The Morgan fingerprint density at radius 1 is 0.554 bits per heavy atom. The molecule has 0 aromatic carbocycles. The zero-order valence-corrected chi connectivity index (χ0v) is 51.2. The number of alkyl halides is 1. The molecule has 0 radical (unpaired) electrons. The van der Waals surface area contributed by atoms with E-state index in [2.05, 4.69) is 0 Å². The van der Waals surface area contributed by atoms with E-state index < -0.39 is 269 Å². The third kappa shape index (κ3) is 13.5. The molecular weight excluding hydrogens is 1240 g/mol. The molecule has 33 heteroatoms. The van der Waals surface area contributed by atoms with Gasteiger partial charge < -0.3 is 139 Å². The van der Waals surface area contributed by atoms with E-state index in [1.54, 1.807) is 20.8 Å². The number of fused-ring (bicyclic) bond motifs is 5. The first-order valence-corrected chi connectivity index (χ1v) is 30.9. The number of allylic oxidation sites excluding steroid dienone is 4. The lowest BCUT2D eigenvalue weighted by Crippen LogP contribution is -2.69. The van der Waals surface area contributed by atoms with Gasteiger partial charge in [-0.25, -0.2) is 4.39 Å². The first-order valence-electron chi connectivity index (χ1n) is 30.9. The van der Waals surface area contributed by atoms with Crippen LogP contribution >= 0.6 is 0 Å². The maximum Gasteiger partial charge on any atom is 0.306 e. The first-order chi connectivity index (χ1) is 43.2. The number of carbonyl (C=O) groups excluding carboxylic acids is 4. The van der Waals surface area contributed by atoms with Gasteiger partial charge in [0.15, 0.2) is 43.2 Å². The monoisotopic (exact) mass is 1330 g/mol. The molecule has 524 valence electrons. The van der Waals surface area contributed by atoms with Crippen molar-refractivity contribution in [3.8, 4) is 0 Å². The number of carbonyl (C=O) groups is 4.